The highest BCUT2D eigenvalue weighted by atomic mass is 35.5. The molecule has 1 aliphatic carbocycles. The van der Waals surface area contributed by atoms with Gasteiger partial charge in [-0.05, 0) is 43.2 Å². The Bertz CT molecular complexity index is 657. The van der Waals surface area contributed by atoms with Crippen LogP contribution >= 0.6 is 24.8 Å². The Morgan fingerprint density at radius 3 is 2.78 bits per heavy atom. The Hall–Kier alpha value is -0.810. The van der Waals surface area contributed by atoms with Gasteiger partial charge in [-0.3, -0.25) is 4.90 Å². The summed E-state index contributed by atoms with van der Waals surface area (Å²) in [6.45, 7) is 5.43. The average Bonchev–Trinajstić information content (AvgIpc) is 3.02. The van der Waals surface area contributed by atoms with Gasteiger partial charge in [0.15, 0.2) is 0 Å². The monoisotopic (exact) mass is 356 g/mol. The van der Waals surface area contributed by atoms with E-state index in [9.17, 15) is 0 Å². The van der Waals surface area contributed by atoms with Gasteiger partial charge in [-0.25, -0.2) is 4.98 Å². The number of pyridine rings is 1. The van der Waals surface area contributed by atoms with Crippen LogP contribution in [0, 0.1) is 18.8 Å². The molecule has 23 heavy (non-hydrogen) atoms. The van der Waals surface area contributed by atoms with Crippen LogP contribution in [0.25, 0.3) is 5.65 Å². The van der Waals surface area contributed by atoms with E-state index in [1.54, 1.807) is 0 Å². The van der Waals surface area contributed by atoms with Gasteiger partial charge in [0, 0.05) is 38.1 Å². The third kappa shape index (κ3) is 3.66. The summed E-state index contributed by atoms with van der Waals surface area (Å²) in [4.78, 5) is 7.29. The minimum absolute atomic E-state index is 0. The van der Waals surface area contributed by atoms with Crippen molar-refractivity contribution in [3.63, 3.8) is 0 Å². The number of nitrogens with zero attached hydrogens (tertiary/aromatic N) is 3. The normalized spacial score (nSPS) is 27.3. The summed E-state index contributed by atoms with van der Waals surface area (Å²) < 4.78 is 2.14. The van der Waals surface area contributed by atoms with Crippen LogP contribution in [0.3, 0.4) is 0 Å². The van der Waals surface area contributed by atoms with Gasteiger partial charge in [0.2, 0.25) is 0 Å². The van der Waals surface area contributed by atoms with E-state index in [2.05, 4.69) is 40.8 Å². The number of fused-ring (bicyclic) bond motifs is 2. The molecule has 2 aliphatic rings. The molecule has 3 unspecified atom stereocenters. The summed E-state index contributed by atoms with van der Waals surface area (Å²) in [5, 5.41) is 0. The minimum atomic E-state index is 0. The van der Waals surface area contributed by atoms with E-state index < -0.39 is 0 Å². The molecule has 4 nitrogen and oxygen atoms in total. The fourth-order valence-corrected chi connectivity index (χ4v) is 4.20. The number of aromatic nitrogens is 2. The van der Waals surface area contributed by atoms with E-state index in [1.165, 1.54) is 37.1 Å². The van der Waals surface area contributed by atoms with E-state index >= 15 is 0 Å². The maximum atomic E-state index is 6.31. The molecular weight excluding hydrogens is 331 g/mol. The van der Waals surface area contributed by atoms with Crippen molar-refractivity contribution in [1.29, 1.82) is 0 Å². The van der Waals surface area contributed by atoms with Gasteiger partial charge in [-0.1, -0.05) is 12.5 Å². The lowest BCUT2D eigenvalue weighted by molar-refractivity contribution is 0.259. The molecule has 4 rings (SSSR count). The second-order valence-electron chi connectivity index (χ2n) is 6.92. The van der Waals surface area contributed by atoms with Crippen molar-refractivity contribution < 1.29 is 0 Å². The molecule has 2 aromatic heterocycles. The van der Waals surface area contributed by atoms with Gasteiger partial charge in [-0.15, -0.1) is 24.8 Å². The highest BCUT2D eigenvalue weighted by molar-refractivity contribution is 5.85. The van der Waals surface area contributed by atoms with Crippen molar-refractivity contribution in [1.82, 2.24) is 14.3 Å². The summed E-state index contributed by atoms with van der Waals surface area (Å²) >= 11 is 0. The van der Waals surface area contributed by atoms with Crippen LogP contribution in [-0.4, -0.2) is 33.4 Å². The van der Waals surface area contributed by atoms with Crippen molar-refractivity contribution in [2.75, 3.05) is 13.1 Å². The second-order valence-corrected chi connectivity index (χ2v) is 6.92. The molecule has 0 amide bonds. The predicted molar refractivity (Wildman–Crippen MR) is 98.5 cm³/mol. The summed E-state index contributed by atoms with van der Waals surface area (Å²) in [6.07, 6.45) is 8.20. The summed E-state index contributed by atoms with van der Waals surface area (Å²) in [7, 11) is 0. The van der Waals surface area contributed by atoms with Gasteiger partial charge in [-0.2, -0.15) is 0 Å². The minimum Gasteiger partial charge on any atom is -0.327 e. The Labute approximate surface area is 150 Å². The summed E-state index contributed by atoms with van der Waals surface area (Å²) in [6, 6.07) is 4.63. The first-order valence-electron chi connectivity index (χ1n) is 8.11. The molecule has 0 bridgehead atoms. The number of aryl methyl sites for hydroxylation is 1. The SMILES string of the molecule is Cc1ccc2nc(CN3CC4CCCC(N)C4C3)cn2c1.Cl.Cl. The van der Waals surface area contributed by atoms with Gasteiger partial charge < -0.3 is 10.1 Å². The zero-order chi connectivity index (χ0) is 14.4. The number of halogens is 2. The van der Waals surface area contributed by atoms with E-state index in [-0.39, 0.29) is 24.8 Å². The molecule has 0 radical (unpaired) electrons. The fourth-order valence-electron chi connectivity index (χ4n) is 4.20. The molecular formula is C17H26Cl2N4. The number of likely N-dealkylation sites (tertiary alicyclic amines) is 1. The summed E-state index contributed by atoms with van der Waals surface area (Å²) in [5.74, 6) is 1.52. The Morgan fingerprint density at radius 2 is 2.00 bits per heavy atom. The van der Waals surface area contributed by atoms with Gasteiger partial charge in [0.1, 0.15) is 5.65 Å². The van der Waals surface area contributed by atoms with Gasteiger partial charge in [0.25, 0.3) is 0 Å². The highest BCUT2D eigenvalue weighted by Gasteiger charge is 2.38. The standard InChI is InChI=1S/C17H24N4.2ClH/c1-12-5-6-17-19-14(10-21(17)7-12)9-20-8-13-3-2-4-16(18)15(13)11-20;;/h5-7,10,13,15-16H,2-4,8-9,11,18H2,1H3;2*1H. The zero-order valence-electron chi connectivity index (χ0n) is 13.5. The molecule has 2 fully saturated rings. The van der Waals surface area contributed by atoms with Crippen LogP contribution in [-0.2, 0) is 6.54 Å². The van der Waals surface area contributed by atoms with Crippen LogP contribution in [0.2, 0.25) is 0 Å². The van der Waals surface area contributed by atoms with E-state index in [0.29, 0.717) is 12.0 Å². The smallest absolute Gasteiger partial charge is 0.137 e. The van der Waals surface area contributed by atoms with Crippen LogP contribution in [0.4, 0.5) is 0 Å². The fraction of sp³-hybridized carbons (Fsp3) is 0.588. The molecule has 1 saturated heterocycles. The van der Waals surface area contributed by atoms with E-state index in [0.717, 1.165) is 24.7 Å². The summed E-state index contributed by atoms with van der Waals surface area (Å²) in [5.41, 5.74) is 9.79. The number of imidazole rings is 1. The molecule has 3 atom stereocenters. The molecule has 3 heterocycles. The third-order valence-corrected chi connectivity index (χ3v) is 5.26. The van der Waals surface area contributed by atoms with E-state index in [1.807, 2.05) is 0 Å². The topological polar surface area (TPSA) is 46.6 Å². The first kappa shape index (κ1) is 18.5. The van der Waals surface area contributed by atoms with Crippen LogP contribution in [0.1, 0.15) is 30.5 Å². The average molecular weight is 357 g/mol. The van der Waals surface area contributed by atoms with Crippen molar-refractivity contribution in [2.45, 2.75) is 38.8 Å². The second kappa shape index (κ2) is 7.39. The lowest BCUT2D eigenvalue weighted by atomic mass is 9.78. The molecule has 2 N–H and O–H groups in total. The van der Waals surface area contributed by atoms with Crippen molar-refractivity contribution in [2.24, 2.45) is 17.6 Å². The van der Waals surface area contributed by atoms with E-state index in [4.69, 9.17) is 10.7 Å². The molecule has 2 aromatic rings. The van der Waals surface area contributed by atoms with Crippen LogP contribution < -0.4 is 5.73 Å². The third-order valence-electron chi connectivity index (χ3n) is 5.26. The van der Waals surface area contributed by atoms with Gasteiger partial charge in [0.05, 0.1) is 5.69 Å². The Kier molecular flexibility index (Phi) is 5.95. The lowest BCUT2D eigenvalue weighted by Crippen LogP contribution is -2.38. The van der Waals surface area contributed by atoms with Crippen molar-refractivity contribution in [3.8, 4) is 0 Å². The first-order valence-corrected chi connectivity index (χ1v) is 8.11. The maximum Gasteiger partial charge on any atom is 0.137 e. The van der Waals surface area contributed by atoms with Crippen molar-refractivity contribution in [3.05, 3.63) is 35.8 Å². The first-order chi connectivity index (χ1) is 10.2. The molecule has 0 spiro atoms. The van der Waals surface area contributed by atoms with Crippen LogP contribution in [0.15, 0.2) is 24.5 Å². The number of nitrogens with two attached hydrogens (primary N) is 1. The maximum absolute atomic E-state index is 6.31. The molecule has 1 saturated carbocycles. The Balaban J connectivity index is 0.000000960. The molecule has 6 heteroatoms. The van der Waals surface area contributed by atoms with Gasteiger partial charge >= 0.3 is 0 Å². The number of rotatable bonds is 2. The molecule has 1 aliphatic heterocycles. The Morgan fingerprint density at radius 1 is 1.17 bits per heavy atom. The van der Waals surface area contributed by atoms with Crippen molar-refractivity contribution >= 4 is 30.5 Å². The predicted octanol–water partition coefficient (Wildman–Crippen LogP) is 3.05. The van der Waals surface area contributed by atoms with Crippen LogP contribution in [0.5, 0.6) is 0 Å². The quantitative estimate of drug-likeness (QED) is 0.899. The highest BCUT2D eigenvalue weighted by Crippen LogP contribution is 2.35. The number of hydrogen-bond acceptors (Lipinski definition) is 3. The lowest BCUT2D eigenvalue weighted by Gasteiger charge is -2.29. The molecule has 0 aromatic carbocycles. The zero-order valence-corrected chi connectivity index (χ0v) is 15.2. The molecule has 128 valence electrons. The largest absolute Gasteiger partial charge is 0.327 e. The number of hydrogen-bond donors (Lipinski definition) is 1.